The van der Waals surface area contributed by atoms with Crippen LogP contribution >= 0.6 is 0 Å². The summed E-state index contributed by atoms with van der Waals surface area (Å²) in [6.07, 6.45) is 12.7. The van der Waals surface area contributed by atoms with Crippen molar-refractivity contribution in [3.63, 3.8) is 0 Å². The smallest absolute Gasteiger partial charge is 0.326 e. The standard InChI is InChI=1S/C31H54N3O12/c35-17-11-12-26(31(41)42)34-29(38)25-46-23-21-44-19-16-33-28(37)24-45-22-20-43-18-15-32-27(36)13-9-7-5-3-1-2-4-6-8-10-14-30(39)40/h26H,1-16,18-25H2,(H,32,36)(H,33,37)(H,34,38)(H,39,40)(H,41,42)/t26-/m0/s1. The molecule has 0 saturated carbocycles. The maximum Gasteiger partial charge on any atom is 0.326 e. The molecule has 15 nitrogen and oxygen atoms in total. The van der Waals surface area contributed by atoms with Crippen molar-refractivity contribution in [3.05, 3.63) is 0 Å². The molecule has 0 aliphatic carbocycles. The molecule has 46 heavy (non-hydrogen) atoms. The van der Waals surface area contributed by atoms with E-state index in [2.05, 4.69) is 16.0 Å². The predicted molar refractivity (Wildman–Crippen MR) is 167 cm³/mol. The highest BCUT2D eigenvalue weighted by atomic mass is 16.5. The third-order valence-corrected chi connectivity index (χ3v) is 6.56. The number of carboxylic acids is 2. The van der Waals surface area contributed by atoms with Crippen LogP contribution in [-0.2, 0) is 47.7 Å². The monoisotopic (exact) mass is 660 g/mol. The van der Waals surface area contributed by atoms with Gasteiger partial charge in [-0.3, -0.25) is 24.0 Å². The van der Waals surface area contributed by atoms with Crippen molar-refractivity contribution in [1.82, 2.24) is 16.0 Å². The lowest BCUT2D eigenvalue weighted by Gasteiger charge is -2.13. The zero-order chi connectivity index (χ0) is 34.1. The summed E-state index contributed by atoms with van der Waals surface area (Å²) >= 11 is 0. The van der Waals surface area contributed by atoms with Gasteiger partial charge in [-0.25, -0.2) is 4.79 Å². The van der Waals surface area contributed by atoms with Crippen LogP contribution in [0.1, 0.15) is 89.9 Å². The summed E-state index contributed by atoms with van der Waals surface area (Å²) in [5, 5.41) is 25.3. The second-order valence-electron chi connectivity index (χ2n) is 10.6. The zero-order valence-corrected chi connectivity index (χ0v) is 27.0. The van der Waals surface area contributed by atoms with Crippen molar-refractivity contribution in [3.8, 4) is 0 Å². The van der Waals surface area contributed by atoms with E-state index in [1.165, 1.54) is 12.8 Å². The number of ether oxygens (including phenoxy) is 4. The summed E-state index contributed by atoms with van der Waals surface area (Å²) in [6, 6.07) is -1.18. The van der Waals surface area contributed by atoms with Gasteiger partial charge in [-0.15, -0.1) is 0 Å². The maximum absolute atomic E-state index is 11.9. The Labute approximate surface area is 271 Å². The molecule has 265 valence electrons. The minimum atomic E-state index is -1.24. The first-order valence-corrected chi connectivity index (χ1v) is 16.2. The van der Waals surface area contributed by atoms with Crippen LogP contribution in [-0.4, -0.2) is 118 Å². The number of hydrogen-bond acceptors (Lipinski definition) is 10. The number of amides is 3. The van der Waals surface area contributed by atoms with E-state index in [9.17, 15) is 28.8 Å². The normalized spacial score (nSPS) is 11.5. The van der Waals surface area contributed by atoms with Gasteiger partial charge in [-0.1, -0.05) is 51.4 Å². The van der Waals surface area contributed by atoms with Gasteiger partial charge in [-0.05, 0) is 19.3 Å². The first kappa shape index (κ1) is 42.9. The van der Waals surface area contributed by atoms with Gasteiger partial charge in [0.15, 0.2) is 6.29 Å². The average Bonchev–Trinajstić information content (AvgIpc) is 3.01. The van der Waals surface area contributed by atoms with Crippen LogP contribution in [0.5, 0.6) is 0 Å². The van der Waals surface area contributed by atoms with Gasteiger partial charge in [0.25, 0.3) is 0 Å². The summed E-state index contributed by atoms with van der Waals surface area (Å²) in [7, 11) is 0. The molecule has 0 rings (SSSR count). The number of carboxylic acid groups (broad SMARTS) is 2. The summed E-state index contributed by atoms with van der Waals surface area (Å²) < 4.78 is 21.0. The molecule has 0 aliphatic rings. The second kappa shape index (κ2) is 31.8. The highest BCUT2D eigenvalue weighted by molar-refractivity contribution is 5.84. The molecule has 0 spiro atoms. The minimum absolute atomic E-state index is 0.00936. The Hall–Kier alpha value is -3.14. The highest BCUT2D eigenvalue weighted by Crippen LogP contribution is 2.12. The van der Waals surface area contributed by atoms with Crippen molar-refractivity contribution in [2.24, 2.45) is 0 Å². The lowest BCUT2D eigenvalue weighted by molar-refractivity contribution is -0.142. The van der Waals surface area contributed by atoms with E-state index >= 15 is 0 Å². The van der Waals surface area contributed by atoms with Gasteiger partial charge >= 0.3 is 11.9 Å². The van der Waals surface area contributed by atoms with Gasteiger partial charge < -0.3 is 45.1 Å². The molecule has 0 bridgehead atoms. The van der Waals surface area contributed by atoms with E-state index < -0.39 is 23.9 Å². The average molecular weight is 661 g/mol. The first-order valence-electron chi connectivity index (χ1n) is 16.2. The molecule has 1 atom stereocenters. The summed E-state index contributed by atoms with van der Waals surface area (Å²) in [4.78, 5) is 67.1. The molecule has 0 aromatic heterocycles. The highest BCUT2D eigenvalue weighted by Gasteiger charge is 2.19. The van der Waals surface area contributed by atoms with E-state index in [4.69, 9.17) is 29.2 Å². The fraction of sp³-hybridized carbons (Fsp3) is 0.806. The van der Waals surface area contributed by atoms with Gasteiger partial charge in [-0.2, -0.15) is 0 Å². The third kappa shape index (κ3) is 30.9. The largest absolute Gasteiger partial charge is 0.481 e. The van der Waals surface area contributed by atoms with Gasteiger partial charge in [0.1, 0.15) is 19.3 Å². The summed E-state index contributed by atoms with van der Waals surface area (Å²) in [5.41, 5.74) is 0. The molecule has 5 N–H and O–H groups in total. The summed E-state index contributed by atoms with van der Waals surface area (Å²) in [5.74, 6) is -2.89. The molecule has 0 aromatic carbocycles. The Bertz CT molecular complexity index is 844. The van der Waals surface area contributed by atoms with E-state index in [1.54, 1.807) is 6.29 Å². The lowest BCUT2D eigenvalue weighted by atomic mass is 10.1. The number of unbranched alkanes of at least 4 members (excludes halogenated alkanes) is 9. The minimum Gasteiger partial charge on any atom is -0.481 e. The number of carbonyl (C=O) groups is 5. The molecule has 0 unspecified atom stereocenters. The van der Waals surface area contributed by atoms with Crippen LogP contribution < -0.4 is 16.0 Å². The fourth-order valence-electron chi connectivity index (χ4n) is 4.11. The third-order valence-electron chi connectivity index (χ3n) is 6.56. The molecule has 3 amide bonds. The molecule has 15 heteroatoms. The molecule has 0 aliphatic heterocycles. The fourth-order valence-corrected chi connectivity index (χ4v) is 4.11. The van der Waals surface area contributed by atoms with Crippen molar-refractivity contribution >= 4 is 35.9 Å². The molecule has 1 radical (unpaired) electrons. The van der Waals surface area contributed by atoms with E-state index in [0.717, 1.165) is 51.4 Å². The van der Waals surface area contributed by atoms with Crippen LogP contribution in [0.15, 0.2) is 0 Å². The van der Waals surface area contributed by atoms with E-state index in [-0.39, 0.29) is 77.3 Å². The number of nitrogens with one attached hydrogen (secondary N) is 3. The molecule has 0 fully saturated rings. The van der Waals surface area contributed by atoms with E-state index in [0.29, 0.717) is 26.2 Å². The van der Waals surface area contributed by atoms with Gasteiger partial charge in [0, 0.05) is 32.4 Å². The Balaban J connectivity index is 3.43. The second-order valence-corrected chi connectivity index (χ2v) is 10.6. The Kier molecular flexibility index (Phi) is 29.7. The number of hydrogen-bond donors (Lipinski definition) is 5. The molecule has 0 heterocycles. The van der Waals surface area contributed by atoms with Crippen LogP contribution in [0.4, 0.5) is 0 Å². The molecular formula is C31H54N3O12. The Morgan fingerprint density at radius 3 is 1.52 bits per heavy atom. The topological polar surface area (TPSA) is 216 Å². The van der Waals surface area contributed by atoms with Crippen molar-refractivity contribution < 1.29 is 57.9 Å². The van der Waals surface area contributed by atoms with Gasteiger partial charge in [0.2, 0.25) is 17.7 Å². The van der Waals surface area contributed by atoms with Crippen molar-refractivity contribution in [2.45, 2.75) is 95.9 Å². The Morgan fingerprint density at radius 1 is 0.565 bits per heavy atom. The predicted octanol–water partition coefficient (Wildman–Crippen LogP) is 1.51. The van der Waals surface area contributed by atoms with Crippen LogP contribution in [0.3, 0.4) is 0 Å². The Morgan fingerprint density at radius 2 is 1.02 bits per heavy atom. The SMILES string of the molecule is O=[C]CC[C@H](NC(=O)COCCOCCNC(=O)COCCOCCNC(=O)CCCCCCCCCCCCC(=O)O)C(=O)O. The number of rotatable bonds is 34. The van der Waals surface area contributed by atoms with E-state index in [1.807, 2.05) is 0 Å². The zero-order valence-electron chi connectivity index (χ0n) is 27.0. The molecule has 0 aromatic rings. The first-order chi connectivity index (χ1) is 22.3. The number of carbonyl (C=O) groups excluding carboxylic acids is 4. The quantitative estimate of drug-likeness (QED) is 0.0621. The number of aliphatic carboxylic acids is 2. The van der Waals surface area contributed by atoms with Crippen LogP contribution in [0.2, 0.25) is 0 Å². The van der Waals surface area contributed by atoms with Crippen LogP contribution in [0.25, 0.3) is 0 Å². The maximum atomic E-state index is 11.9. The van der Waals surface area contributed by atoms with Crippen molar-refractivity contribution in [2.75, 3.05) is 65.9 Å². The molecular weight excluding hydrogens is 606 g/mol. The lowest BCUT2D eigenvalue weighted by Crippen LogP contribution is -2.42. The van der Waals surface area contributed by atoms with Crippen molar-refractivity contribution in [1.29, 1.82) is 0 Å². The molecule has 0 saturated heterocycles. The van der Waals surface area contributed by atoms with Gasteiger partial charge in [0.05, 0.1) is 39.6 Å². The summed E-state index contributed by atoms with van der Waals surface area (Å²) in [6.45, 7) is 1.55. The van der Waals surface area contributed by atoms with Crippen LogP contribution in [0, 0.1) is 0 Å².